The van der Waals surface area contributed by atoms with Gasteiger partial charge < -0.3 is 25.6 Å². The zero-order valence-corrected chi connectivity index (χ0v) is 20.3. The highest BCUT2D eigenvalue weighted by Crippen LogP contribution is 2.24. The van der Waals surface area contributed by atoms with Gasteiger partial charge in [0.1, 0.15) is 0 Å². The molecule has 1 fully saturated rings. The van der Waals surface area contributed by atoms with Gasteiger partial charge in [-0.05, 0) is 48.1 Å². The van der Waals surface area contributed by atoms with Gasteiger partial charge in [0, 0.05) is 52.1 Å². The standard InChI is InChI=1S/C21H31N5OS.HI/c1-22-21(24-16-17-5-7-18(8-6-17)23-11-14-27-2)25-19-9-12-26(13-10-19)20-4-3-15-28-20;/h3-8,15,19,23H,9-14,16H2,1-2H3,(H2,22,24,25);1H. The van der Waals surface area contributed by atoms with Crippen molar-refractivity contribution < 1.29 is 4.74 Å². The van der Waals surface area contributed by atoms with Crippen molar-refractivity contribution in [2.75, 3.05) is 50.6 Å². The third kappa shape index (κ3) is 7.67. The van der Waals surface area contributed by atoms with Crippen molar-refractivity contribution in [3.63, 3.8) is 0 Å². The fourth-order valence-corrected chi connectivity index (χ4v) is 4.09. The lowest BCUT2D eigenvalue weighted by Gasteiger charge is -2.33. The largest absolute Gasteiger partial charge is 0.383 e. The van der Waals surface area contributed by atoms with Crippen molar-refractivity contribution in [1.29, 1.82) is 0 Å². The molecular formula is C21H32IN5OS. The van der Waals surface area contributed by atoms with Gasteiger partial charge >= 0.3 is 0 Å². The van der Waals surface area contributed by atoms with Crippen LogP contribution in [0.25, 0.3) is 0 Å². The zero-order chi connectivity index (χ0) is 19.6. The molecule has 8 heteroatoms. The Bertz CT molecular complexity index is 715. The highest BCUT2D eigenvalue weighted by atomic mass is 127. The number of nitrogens with zero attached hydrogens (tertiary/aromatic N) is 2. The van der Waals surface area contributed by atoms with Gasteiger partial charge in [0.05, 0.1) is 11.6 Å². The number of hydrogen-bond acceptors (Lipinski definition) is 5. The van der Waals surface area contributed by atoms with Crippen molar-refractivity contribution in [3.8, 4) is 0 Å². The van der Waals surface area contributed by atoms with Gasteiger partial charge in [0.25, 0.3) is 0 Å². The lowest BCUT2D eigenvalue weighted by molar-refractivity contribution is 0.211. The Morgan fingerprint density at radius 2 is 1.97 bits per heavy atom. The van der Waals surface area contributed by atoms with E-state index in [0.29, 0.717) is 12.6 Å². The van der Waals surface area contributed by atoms with E-state index in [9.17, 15) is 0 Å². The first-order valence-electron chi connectivity index (χ1n) is 9.86. The van der Waals surface area contributed by atoms with Crippen LogP contribution in [-0.2, 0) is 11.3 Å². The van der Waals surface area contributed by atoms with Gasteiger partial charge in [-0.15, -0.1) is 35.3 Å². The number of aliphatic imine (C=N–C) groups is 1. The Balaban J connectivity index is 0.00000300. The summed E-state index contributed by atoms with van der Waals surface area (Å²) in [5, 5.41) is 13.9. The zero-order valence-electron chi connectivity index (χ0n) is 17.2. The molecule has 2 heterocycles. The van der Waals surface area contributed by atoms with Gasteiger partial charge in [0.15, 0.2) is 5.96 Å². The summed E-state index contributed by atoms with van der Waals surface area (Å²) >= 11 is 1.82. The minimum Gasteiger partial charge on any atom is -0.383 e. The monoisotopic (exact) mass is 529 g/mol. The summed E-state index contributed by atoms with van der Waals surface area (Å²) in [6.45, 7) is 4.46. The maximum absolute atomic E-state index is 5.06. The van der Waals surface area contributed by atoms with E-state index >= 15 is 0 Å². The molecule has 1 aliphatic heterocycles. The molecule has 0 aliphatic carbocycles. The normalized spacial score (nSPS) is 15.0. The van der Waals surface area contributed by atoms with Gasteiger partial charge in [-0.2, -0.15) is 0 Å². The maximum atomic E-state index is 5.06. The summed E-state index contributed by atoms with van der Waals surface area (Å²) in [7, 11) is 3.55. The molecule has 0 radical (unpaired) electrons. The molecule has 2 aromatic rings. The molecule has 160 valence electrons. The minimum absolute atomic E-state index is 0. The SMILES string of the molecule is CN=C(NCc1ccc(NCCOC)cc1)NC1CCN(c2cccs2)CC1.I. The number of guanidine groups is 1. The Morgan fingerprint density at radius 3 is 2.59 bits per heavy atom. The smallest absolute Gasteiger partial charge is 0.191 e. The molecule has 3 rings (SSSR count). The number of nitrogens with one attached hydrogen (secondary N) is 3. The topological polar surface area (TPSA) is 60.9 Å². The van der Waals surface area contributed by atoms with Gasteiger partial charge in [0.2, 0.25) is 0 Å². The molecule has 6 nitrogen and oxygen atoms in total. The molecule has 3 N–H and O–H groups in total. The third-order valence-corrected chi connectivity index (χ3v) is 5.86. The first-order valence-corrected chi connectivity index (χ1v) is 10.7. The summed E-state index contributed by atoms with van der Waals surface area (Å²) in [5.41, 5.74) is 2.34. The number of methoxy groups -OCH3 is 1. The molecule has 0 bridgehead atoms. The van der Waals surface area contributed by atoms with Crippen LogP contribution in [0.5, 0.6) is 0 Å². The summed E-state index contributed by atoms with van der Waals surface area (Å²) in [6.07, 6.45) is 2.25. The first kappa shape index (κ1) is 23.8. The van der Waals surface area contributed by atoms with E-state index < -0.39 is 0 Å². The number of rotatable bonds is 8. The van der Waals surface area contributed by atoms with Crippen molar-refractivity contribution >= 4 is 52.0 Å². The number of ether oxygens (including phenoxy) is 1. The van der Waals surface area contributed by atoms with E-state index in [1.165, 1.54) is 10.6 Å². The van der Waals surface area contributed by atoms with Crippen molar-refractivity contribution in [2.45, 2.75) is 25.4 Å². The number of piperidine rings is 1. The second-order valence-corrected chi connectivity index (χ2v) is 7.83. The van der Waals surface area contributed by atoms with Crippen molar-refractivity contribution in [3.05, 3.63) is 47.3 Å². The summed E-state index contributed by atoms with van der Waals surface area (Å²) in [6, 6.07) is 13.3. The first-order chi connectivity index (χ1) is 13.8. The minimum atomic E-state index is 0. The highest BCUT2D eigenvalue weighted by Gasteiger charge is 2.20. The van der Waals surface area contributed by atoms with Crippen molar-refractivity contribution in [2.24, 2.45) is 4.99 Å². The second-order valence-electron chi connectivity index (χ2n) is 6.90. The number of hydrogen-bond donors (Lipinski definition) is 3. The Hall–Kier alpha value is -1.52. The predicted molar refractivity (Wildman–Crippen MR) is 135 cm³/mol. The van der Waals surface area contributed by atoms with E-state index in [-0.39, 0.29) is 24.0 Å². The van der Waals surface area contributed by atoms with Crippen LogP contribution in [0.3, 0.4) is 0 Å². The summed E-state index contributed by atoms with van der Waals surface area (Å²) < 4.78 is 5.06. The van der Waals surface area contributed by atoms with Crippen LogP contribution >= 0.6 is 35.3 Å². The number of halogens is 1. The Kier molecular flexibility index (Phi) is 10.6. The number of thiophene rings is 1. The molecular weight excluding hydrogens is 497 g/mol. The summed E-state index contributed by atoms with van der Waals surface area (Å²) in [4.78, 5) is 6.86. The van der Waals surface area contributed by atoms with E-state index in [1.807, 2.05) is 18.4 Å². The van der Waals surface area contributed by atoms with Gasteiger partial charge in [-0.1, -0.05) is 12.1 Å². The Morgan fingerprint density at radius 1 is 1.21 bits per heavy atom. The lowest BCUT2D eigenvalue weighted by Crippen LogP contribution is -2.48. The molecule has 0 atom stereocenters. The van der Waals surface area contributed by atoms with Gasteiger partial charge in [-0.25, -0.2) is 0 Å². The van der Waals surface area contributed by atoms with E-state index in [1.54, 1.807) is 7.11 Å². The van der Waals surface area contributed by atoms with Crippen molar-refractivity contribution in [1.82, 2.24) is 10.6 Å². The molecule has 0 saturated carbocycles. The highest BCUT2D eigenvalue weighted by molar-refractivity contribution is 14.0. The molecule has 0 spiro atoms. The molecule has 29 heavy (non-hydrogen) atoms. The van der Waals surface area contributed by atoms with E-state index in [0.717, 1.165) is 50.7 Å². The predicted octanol–water partition coefficient (Wildman–Crippen LogP) is 3.76. The average molecular weight is 529 g/mol. The van der Waals surface area contributed by atoms with Crippen LogP contribution in [0.4, 0.5) is 10.7 Å². The van der Waals surface area contributed by atoms with Crippen LogP contribution in [0.15, 0.2) is 46.8 Å². The van der Waals surface area contributed by atoms with Crippen LogP contribution in [-0.4, -0.2) is 52.4 Å². The average Bonchev–Trinajstić information content (AvgIpc) is 3.27. The Labute approximate surface area is 195 Å². The molecule has 1 aromatic heterocycles. The van der Waals surface area contributed by atoms with Crippen LogP contribution in [0.2, 0.25) is 0 Å². The molecule has 1 aromatic carbocycles. The molecule has 0 unspecified atom stereocenters. The summed E-state index contributed by atoms with van der Waals surface area (Å²) in [5.74, 6) is 0.872. The van der Waals surface area contributed by atoms with Crippen LogP contribution in [0.1, 0.15) is 18.4 Å². The van der Waals surface area contributed by atoms with Crippen LogP contribution < -0.4 is 20.9 Å². The maximum Gasteiger partial charge on any atom is 0.191 e. The number of anilines is 2. The fraction of sp³-hybridized carbons (Fsp3) is 0.476. The van der Waals surface area contributed by atoms with Crippen LogP contribution in [0, 0.1) is 0 Å². The third-order valence-electron chi connectivity index (χ3n) is 4.93. The molecule has 1 saturated heterocycles. The quantitative estimate of drug-likeness (QED) is 0.211. The second kappa shape index (κ2) is 12.9. The van der Waals surface area contributed by atoms with E-state index in [4.69, 9.17) is 4.74 Å². The number of benzene rings is 1. The van der Waals surface area contributed by atoms with E-state index in [2.05, 4.69) is 67.6 Å². The molecule has 1 aliphatic rings. The van der Waals surface area contributed by atoms with Gasteiger partial charge in [-0.3, -0.25) is 4.99 Å². The lowest BCUT2D eigenvalue weighted by atomic mass is 10.1. The fourth-order valence-electron chi connectivity index (χ4n) is 3.31. The molecule has 0 amide bonds.